The Morgan fingerprint density at radius 2 is 2.26 bits per heavy atom. The molecule has 1 heterocycles. The molecule has 1 atom stereocenters. The fourth-order valence-electron chi connectivity index (χ4n) is 1.99. The minimum atomic E-state index is -0.318. The number of hydrogen-bond donors (Lipinski definition) is 2. The van der Waals surface area contributed by atoms with E-state index in [1.165, 1.54) is 10.1 Å². The van der Waals surface area contributed by atoms with Crippen LogP contribution in [-0.2, 0) is 13.5 Å². The van der Waals surface area contributed by atoms with E-state index in [4.69, 9.17) is 10.2 Å². The first kappa shape index (κ1) is 13.8. The lowest BCUT2D eigenvalue weighted by molar-refractivity contribution is 0.524. The highest BCUT2D eigenvalue weighted by molar-refractivity contribution is 5.73. The van der Waals surface area contributed by atoms with Crippen molar-refractivity contribution in [2.45, 2.75) is 13.3 Å². The number of oxazole rings is 1. The van der Waals surface area contributed by atoms with Crippen molar-refractivity contribution in [3.05, 3.63) is 34.3 Å². The van der Waals surface area contributed by atoms with Gasteiger partial charge in [0, 0.05) is 7.05 Å². The number of nitrogens with one attached hydrogen (secondary N) is 1. The fourth-order valence-corrected chi connectivity index (χ4v) is 1.99. The second-order valence-electron chi connectivity index (χ2n) is 5.02. The second kappa shape index (κ2) is 6.04. The summed E-state index contributed by atoms with van der Waals surface area (Å²) in [5.41, 5.74) is 8.24. The van der Waals surface area contributed by atoms with Crippen LogP contribution in [0.15, 0.2) is 27.4 Å². The van der Waals surface area contributed by atoms with E-state index < -0.39 is 0 Å². The Balaban J connectivity index is 1.98. The van der Waals surface area contributed by atoms with Crippen LogP contribution < -0.4 is 16.8 Å². The lowest BCUT2D eigenvalue weighted by atomic mass is 10.1. The fraction of sp³-hybridized carbons (Fsp3) is 0.500. The highest BCUT2D eigenvalue weighted by atomic mass is 16.4. The molecule has 0 aliphatic carbocycles. The number of aromatic nitrogens is 1. The summed E-state index contributed by atoms with van der Waals surface area (Å²) in [6.07, 6.45) is 0.923. The van der Waals surface area contributed by atoms with Crippen LogP contribution in [0, 0.1) is 5.92 Å². The molecule has 19 heavy (non-hydrogen) atoms. The number of hydrogen-bond acceptors (Lipinski definition) is 4. The van der Waals surface area contributed by atoms with Gasteiger partial charge in [0.05, 0.1) is 5.52 Å². The summed E-state index contributed by atoms with van der Waals surface area (Å²) in [6.45, 7) is 4.67. The summed E-state index contributed by atoms with van der Waals surface area (Å²) < 4.78 is 6.63. The van der Waals surface area contributed by atoms with Gasteiger partial charge in [-0.2, -0.15) is 0 Å². The van der Waals surface area contributed by atoms with Gasteiger partial charge >= 0.3 is 5.76 Å². The molecule has 0 saturated heterocycles. The van der Waals surface area contributed by atoms with Gasteiger partial charge in [-0.05, 0) is 49.7 Å². The third-order valence-electron chi connectivity index (χ3n) is 3.34. The quantitative estimate of drug-likeness (QED) is 0.758. The van der Waals surface area contributed by atoms with E-state index in [2.05, 4.69) is 12.2 Å². The van der Waals surface area contributed by atoms with Crippen LogP contribution in [0.4, 0.5) is 0 Å². The van der Waals surface area contributed by atoms with Gasteiger partial charge in [0.2, 0.25) is 0 Å². The molecule has 0 spiro atoms. The van der Waals surface area contributed by atoms with Crippen molar-refractivity contribution in [2.24, 2.45) is 18.7 Å². The van der Waals surface area contributed by atoms with Crippen molar-refractivity contribution in [1.82, 2.24) is 9.88 Å². The maximum atomic E-state index is 11.4. The van der Waals surface area contributed by atoms with Gasteiger partial charge in [-0.25, -0.2) is 4.79 Å². The zero-order valence-corrected chi connectivity index (χ0v) is 11.5. The Kier molecular flexibility index (Phi) is 4.39. The van der Waals surface area contributed by atoms with Crippen LogP contribution in [0.5, 0.6) is 0 Å². The lowest BCUT2D eigenvalue weighted by Crippen LogP contribution is -2.27. The van der Waals surface area contributed by atoms with Crippen molar-refractivity contribution >= 4 is 11.1 Å². The summed E-state index contributed by atoms with van der Waals surface area (Å²) in [5, 5.41) is 3.38. The third-order valence-corrected chi connectivity index (χ3v) is 3.34. The minimum absolute atomic E-state index is 0.318. The largest absolute Gasteiger partial charge is 0.419 e. The van der Waals surface area contributed by atoms with Gasteiger partial charge in [0.25, 0.3) is 0 Å². The number of nitrogens with zero attached hydrogens (tertiary/aromatic N) is 1. The lowest BCUT2D eigenvalue weighted by Gasteiger charge is -2.09. The Bertz CT molecular complexity index is 600. The third kappa shape index (κ3) is 3.24. The molecule has 3 N–H and O–H groups in total. The molecule has 5 nitrogen and oxygen atoms in total. The van der Waals surface area contributed by atoms with E-state index in [1.54, 1.807) is 7.05 Å². The van der Waals surface area contributed by atoms with Gasteiger partial charge < -0.3 is 15.5 Å². The number of nitrogens with two attached hydrogens (primary N) is 1. The molecular formula is C14H21N3O2. The standard InChI is InChI=1S/C14H21N3O2/c1-10(8-15)9-16-6-5-11-3-4-13-12(7-11)17(2)14(18)19-13/h3-4,7,10,16H,5-6,8-9,15H2,1-2H3. The average Bonchev–Trinajstić information content (AvgIpc) is 2.70. The van der Waals surface area contributed by atoms with Crippen molar-refractivity contribution in [2.75, 3.05) is 19.6 Å². The first-order chi connectivity index (χ1) is 9.11. The van der Waals surface area contributed by atoms with Crippen LogP contribution in [-0.4, -0.2) is 24.2 Å². The number of benzene rings is 1. The molecule has 1 unspecified atom stereocenters. The van der Waals surface area contributed by atoms with E-state index in [0.717, 1.165) is 25.0 Å². The van der Waals surface area contributed by atoms with Gasteiger partial charge in [-0.1, -0.05) is 13.0 Å². The second-order valence-corrected chi connectivity index (χ2v) is 5.02. The van der Waals surface area contributed by atoms with E-state index in [1.807, 2.05) is 18.2 Å². The predicted molar refractivity (Wildman–Crippen MR) is 76.2 cm³/mol. The summed E-state index contributed by atoms with van der Waals surface area (Å²) in [7, 11) is 1.72. The molecule has 0 aliphatic rings. The topological polar surface area (TPSA) is 73.2 Å². The average molecular weight is 263 g/mol. The molecule has 0 fully saturated rings. The maximum Gasteiger partial charge on any atom is 0.419 e. The highest BCUT2D eigenvalue weighted by Crippen LogP contribution is 2.14. The van der Waals surface area contributed by atoms with Crippen molar-refractivity contribution in [3.8, 4) is 0 Å². The summed E-state index contributed by atoms with van der Waals surface area (Å²) in [5.74, 6) is 0.180. The summed E-state index contributed by atoms with van der Waals surface area (Å²) in [4.78, 5) is 11.4. The molecule has 2 aromatic rings. The van der Waals surface area contributed by atoms with Crippen molar-refractivity contribution in [3.63, 3.8) is 0 Å². The van der Waals surface area contributed by atoms with Gasteiger partial charge in [-0.15, -0.1) is 0 Å². The number of fused-ring (bicyclic) bond motifs is 1. The highest BCUT2D eigenvalue weighted by Gasteiger charge is 2.06. The first-order valence-corrected chi connectivity index (χ1v) is 6.61. The van der Waals surface area contributed by atoms with E-state index >= 15 is 0 Å². The molecule has 0 radical (unpaired) electrons. The molecule has 1 aromatic carbocycles. The molecule has 2 rings (SSSR count). The number of rotatable bonds is 6. The Morgan fingerprint density at radius 1 is 1.47 bits per heavy atom. The Hall–Kier alpha value is -1.59. The Labute approximate surface area is 112 Å². The van der Waals surface area contributed by atoms with Crippen LogP contribution in [0.1, 0.15) is 12.5 Å². The van der Waals surface area contributed by atoms with Gasteiger partial charge in [0.15, 0.2) is 5.58 Å². The van der Waals surface area contributed by atoms with Crippen LogP contribution in [0.2, 0.25) is 0 Å². The normalized spacial score (nSPS) is 13.0. The minimum Gasteiger partial charge on any atom is -0.408 e. The first-order valence-electron chi connectivity index (χ1n) is 6.61. The number of aryl methyl sites for hydroxylation is 1. The van der Waals surface area contributed by atoms with E-state index in [9.17, 15) is 4.79 Å². The smallest absolute Gasteiger partial charge is 0.408 e. The Morgan fingerprint density at radius 3 is 3.00 bits per heavy atom. The molecule has 0 aliphatic heterocycles. The van der Waals surface area contributed by atoms with Crippen molar-refractivity contribution < 1.29 is 4.42 Å². The molecule has 0 saturated carbocycles. The molecule has 0 amide bonds. The zero-order valence-electron chi connectivity index (χ0n) is 11.5. The van der Waals surface area contributed by atoms with Gasteiger partial charge in [0.1, 0.15) is 0 Å². The zero-order chi connectivity index (χ0) is 13.8. The predicted octanol–water partition coefficient (Wildman–Crippen LogP) is 0.858. The molecule has 104 valence electrons. The SMILES string of the molecule is CC(CN)CNCCc1ccc2oc(=O)n(C)c2c1. The van der Waals surface area contributed by atoms with E-state index in [-0.39, 0.29) is 5.76 Å². The summed E-state index contributed by atoms with van der Waals surface area (Å²) in [6, 6.07) is 5.86. The molecular weight excluding hydrogens is 242 g/mol. The monoisotopic (exact) mass is 263 g/mol. The molecule has 0 bridgehead atoms. The van der Waals surface area contributed by atoms with E-state index in [0.29, 0.717) is 18.0 Å². The van der Waals surface area contributed by atoms with Crippen LogP contribution in [0.25, 0.3) is 11.1 Å². The van der Waals surface area contributed by atoms with Gasteiger partial charge in [-0.3, -0.25) is 4.57 Å². The van der Waals surface area contributed by atoms with Crippen LogP contribution in [0.3, 0.4) is 0 Å². The van der Waals surface area contributed by atoms with Crippen molar-refractivity contribution in [1.29, 1.82) is 0 Å². The summed E-state index contributed by atoms with van der Waals surface area (Å²) >= 11 is 0. The van der Waals surface area contributed by atoms with Crippen LogP contribution >= 0.6 is 0 Å². The molecule has 5 heteroatoms. The molecule has 1 aromatic heterocycles. The maximum absolute atomic E-state index is 11.4.